The molecule has 9 heteroatoms. The number of nitrogens with zero attached hydrogens (tertiary/aromatic N) is 2. The molecular formula is C17H21FN4O3S. The molecule has 1 aromatic heterocycles. The quantitative estimate of drug-likeness (QED) is 0.714. The molecular weight excluding hydrogens is 359 g/mol. The molecule has 1 amide bonds. The summed E-state index contributed by atoms with van der Waals surface area (Å²) in [6.45, 7) is 3.21. The molecule has 0 aliphatic carbocycles. The molecule has 1 aliphatic heterocycles. The Labute approximate surface area is 154 Å². The van der Waals surface area contributed by atoms with E-state index in [0.29, 0.717) is 24.9 Å². The van der Waals surface area contributed by atoms with Crippen LogP contribution >= 0.6 is 11.8 Å². The summed E-state index contributed by atoms with van der Waals surface area (Å²) in [7, 11) is 0. The third-order valence-corrected chi connectivity index (χ3v) is 5.25. The molecule has 26 heavy (non-hydrogen) atoms. The zero-order valence-electron chi connectivity index (χ0n) is 14.4. The van der Waals surface area contributed by atoms with Crippen molar-refractivity contribution in [1.29, 1.82) is 0 Å². The zero-order valence-corrected chi connectivity index (χ0v) is 15.2. The van der Waals surface area contributed by atoms with Crippen molar-refractivity contribution in [1.82, 2.24) is 20.1 Å². The number of carbonyl (C=O) groups is 1. The lowest BCUT2D eigenvalue weighted by Gasteiger charge is -2.14. The van der Waals surface area contributed by atoms with E-state index in [-0.39, 0.29) is 23.5 Å². The van der Waals surface area contributed by atoms with Gasteiger partial charge in [0.15, 0.2) is 5.16 Å². The van der Waals surface area contributed by atoms with Crippen LogP contribution in [-0.2, 0) is 22.6 Å². The largest absolute Gasteiger partial charge is 0.376 e. The predicted molar refractivity (Wildman–Crippen MR) is 95.4 cm³/mol. The molecule has 1 fully saturated rings. The molecule has 0 radical (unpaired) electrons. The molecule has 1 aliphatic rings. The Kier molecular flexibility index (Phi) is 6.10. The fourth-order valence-corrected chi connectivity index (χ4v) is 3.58. The van der Waals surface area contributed by atoms with E-state index in [9.17, 15) is 14.0 Å². The zero-order chi connectivity index (χ0) is 18.5. The highest BCUT2D eigenvalue weighted by atomic mass is 32.2. The Morgan fingerprint density at radius 3 is 2.96 bits per heavy atom. The van der Waals surface area contributed by atoms with Crippen molar-refractivity contribution in [3.8, 4) is 0 Å². The van der Waals surface area contributed by atoms with Gasteiger partial charge in [-0.05, 0) is 37.5 Å². The van der Waals surface area contributed by atoms with Crippen LogP contribution in [0, 0.1) is 5.82 Å². The van der Waals surface area contributed by atoms with Gasteiger partial charge in [0.25, 0.3) is 0 Å². The van der Waals surface area contributed by atoms with Crippen LogP contribution in [0.5, 0.6) is 0 Å². The van der Waals surface area contributed by atoms with Crippen molar-refractivity contribution in [3.05, 3.63) is 46.1 Å². The van der Waals surface area contributed by atoms with E-state index >= 15 is 0 Å². The van der Waals surface area contributed by atoms with Gasteiger partial charge in [0.1, 0.15) is 5.82 Å². The average molecular weight is 380 g/mol. The maximum Gasteiger partial charge on any atom is 0.344 e. The number of rotatable bonds is 7. The van der Waals surface area contributed by atoms with Crippen molar-refractivity contribution in [3.63, 3.8) is 0 Å². The molecule has 7 nitrogen and oxygen atoms in total. The third-order valence-electron chi connectivity index (χ3n) is 4.16. The summed E-state index contributed by atoms with van der Waals surface area (Å²) >= 11 is 1.21. The summed E-state index contributed by atoms with van der Waals surface area (Å²) < 4.78 is 20.0. The summed E-state index contributed by atoms with van der Waals surface area (Å²) in [6.07, 6.45) is 1.91. The molecule has 0 spiro atoms. The molecule has 1 aromatic carbocycles. The van der Waals surface area contributed by atoms with E-state index in [1.165, 1.54) is 28.5 Å². The average Bonchev–Trinajstić information content (AvgIpc) is 3.26. The maximum atomic E-state index is 12.9. The van der Waals surface area contributed by atoms with Gasteiger partial charge in [0.2, 0.25) is 5.91 Å². The second-order valence-electron chi connectivity index (χ2n) is 6.16. The Balaban J connectivity index is 1.56. The van der Waals surface area contributed by atoms with Crippen molar-refractivity contribution in [2.45, 2.75) is 49.4 Å². The number of H-pyrrole nitrogens is 1. The van der Waals surface area contributed by atoms with Crippen LogP contribution in [0.4, 0.5) is 4.39 Å². The molecule has 2 N–H and O–H groups in total. The number of aromatic amines is 1. The van der Waals surface area contributed by atoms with Crippen molar-refractivity contribution >= 4 is 17.7 Å². The fourth-order valence-electron chi connectivity index (χ4n) is 2.69. The minimum atomic E-state index is -0.436. The van der Waals surface area contributed by atoms with E-state index in [1.54, 1.807) is 19.1 Å². The van der Waals surface area contributed by atoms with Crippen LogP contribution in [0.1, 0.15) is 25.3 Å². The Bertz CT molecular complexity index is 799. The van der Waals surface area contributed by atoms with Gasteiger partial charge in [0.05, 0.1) is 17.9 Å². The minimum absolute atomic E-state index is 0.00672. The van der Waals surface area contributed by atoms with Gasteiger partial charge in [-0.25, -0.2) is 14.3 Å². The standard InChI is InChI=1S/C17H21FN4O3S/c1-11(15(23)19-9-12-4-6-13(18)7-5-12)26-17-21-20-16(24)22(17)10-14-3-2-8-25-14/h4-7,11,14H,2-3,8-10H2,1H3,(H,19,23)(H,20,24). The molecule has 1 saturated heterocycles. The lowest BCUT2D eigenvalue weighted by molar-refractivity contribution is -0.120. The summed E-state index contributed by atoms with van der Waals surface area (Å²) in [5.41, 5.74) is 0.508. The molecule has 2 heterocycles. The third kappa shape index (κ3) is 4.73. The Morgan fingerprint density at radius 1 is 1.50 bits per heavy atom. The molecule has 2 aromatic rings. The maximum absolute atomic E-state index is 12.9. The second-order valence-corrected chi connectivity index (χ2v) is 7.47. The van der Waals surface area contributed by atoms with Gasteiger partial charge >= 0.3 is 5.69 Å². The number of halogens is 1. The van der Waals surface area contributed by atoms with E-state index in [2.05, 4.69) is 15.5 Å². The summed E-state index contributed by atoms with van der Waals surface area (Å²) in [5.74, 6) is -0.495. The van der Waals surface area contributed by atoms with Crippen LogP contribution in [-0.4, -0.2) is 38.6 Å². The number of ether oxygens (including phenoxy) is 1. The van der Waals surface area contributed by atoms with E-state index in [0.717, 1.165) is 18.4 Å². The molecule has 3 rings (SSSR count). The first-order valence-electron chi connectivity index (χ1n) is 8.48. The van der Waals surface area contributed by atoms with Crippen molar-refractivity contribution in [2.24, 2.45) is 0 Å². The van der Waals surface area contributed by atoms with Crippen molar-refractivity contribution < 1.29 is 13.9 Å². The van der Waals surface area contributed by atoms with Crippen LogP contribution in [0.25, 0.3) is 0 Å². The lowest BCUT2D eigenvalue weighted by atomic mass is 10.2. The molecule has 140 valence electrons. The monoisotopic (exact) mass is 380 g/mol. The number of benzene rings is 1. The van der Waals surface area contributed by atoms with Gasteiger partial charge in [-0.15, -0.1) is 5.10 Å². The number of aromatic nitrogens is 3. The first-order chi connectivity index (χ1) is 12.5. The fraction of sp³-hybridized carbons (Fsp3) is 0.471. The molecule has 2 unspecified atom stereocenters. The van der Waals surface area contributed by atoms with Crippen LogP contribution < -0.4 is 11.0 Å². The van der Waals surface area contributed by atoms with Crippen LogP contribution in [0.15, 0.2) is 34.2 Å². The second kappa shape index (κ2) is 8.50. The SMILES string of the molecule is CC(Sc1n[nH]c(=O)n1CC1CCCO1)C(=O)NCc1ccc(F)cc1. The van der Waals surface area contributed by atoms with Crippen LogP contribution in [0.2, 0.25) is 0 Å². The molecule has 0 saturated carbocycles. The van der Waals surface area contributed by atoms with Gasteiger partial charge in [-0.1, -0.05) is 23.9 Å². The minimum Gasteiger partial charge on any atom is -0.376 e. The topological polar surface area (TPSA) is 89.0 Å². The highest BCUT2D eigenvalue weighted by Crippen LogP contribution is 2.22. The summed E-state index contributed by atoms with van der Waals surface area (Å²) in [4.78, 5) is 24.3. The number of nitrogens with one attached hydrogen (secondary N) is 2. The number of amides is 1. The molecule has 2 atom stereocenters. The number of carbonyl (C=O) groups excluding carboxylic acids is 1. The van der Waals surface area contributed by atoms with Gasteiger partial charge in [-0.2, -0.15) is 0 Å². The molecule has 0 bridgehead atoms. The highest BCUT2D eigenvalue weighted by Gasteiger charge is 2.22. The number of thioether (sulfide) groups is 1. The summed E-state index contributed by atoms with van der Waals surface area (Å²) in [6, 6.07) is 5.96. The van der Waals surface area contributed by atoms with Gasteiger partial charge in [0, 0.05) is 13.2 Å². The highest BCUT2D eigenvalue weighted by molar-refractivity contribution is 8.00. The first kappa shape index (κ1) is 18.7. The Hall–Kier alpha value is -2.13. The van der Waals surface area contributed by atoms with Gasteiger partial charge in [-0.3, -0.25) is 9.36 Å². The van der Waals surface area contributed by atoms with E-state index in [1.807, 2.05) is 0 Å². The first-order valence-corrected chi connectivity index (χ1v) is 9.36. The van der Waals surface area contributed by atoms with Gasteiger partial charge < -0.3 is 10.1 Å². The smallest absolute Gasteiger partial charge is 0.344 e. The Morgan fingerprint density at radius 2 is 2.27 bits per heavy atom. The predicted octanol–water partition coefficient (Wildman–Crippen LogP) is 1.69. The summed E-state index contributed by atoms with van der Waals surface area (Å²) in [5, 5.41) is 9.29. The normalized spacial score (nSPS) is 18.0. The van der Waals surface area contributed by atoms with Crippen LogP contribution in [0.3, 0.4) is 0 Å². The number of hydrogen-bond acceptors (Lipinski definition) is 5. The lowest BCUT2D eigenvalue weighted by Crippen LogP contribution is -2.31. The van der Waals surface area contributed by atoms with Crippen molar-refractivity contribution in [2.75, 3.05) is 6.61 Å². The number of hydrogen-bond donors (Lipinski definition) is 2. The van der Waals surface area contributed by atoms with E-state index in [4.69, 9.17) is 4.74 Å². The van der Waals surface area contributed by atoms with E-state index < -0.39 is 5.25 Å².